The van der Waals surface area contributed by atoms with Crippen molar-refractivity contribution in [1.82, 2.24) is 9.80 Å². The molecule has 0 unspecified atom stereocenters. The van der Waals surface area contributed by atoms with Crippen LogP contribution in [0, 0.1) is 12.7 Å². The van der Waals surface area contributed by atoms with Gasteiger partial charge in [-0.1, -0.05) is 0 Å². The minimum absolute atomic E-state index is 0.0786. The molecule has 11 heteroatoms. The summed E-state index contributed by atoms with van der Waals surface area (Å²) in [5.41, 5.74) is 0.184. The molecule has 0 bridgehead atoms. The molecule has 2 saturated heterocycles. The zero-order valence-electron chi connectivity index (χ0n) is 16.9. The number of halogens is 1. The molecular weight excluding hydrogens is 447 g/mol. The second-order valence-corrected chi connectivity index (χ2v) is 12.3. The summed E-state index contributed by atoms with van der Waals surface area (Å²) in [6.07, 6.45) is 1.42. The van der Waals surface area contributed by atoms with Gasteiger partial charge in [0.2, 0.25) is 0 Å². The van der Waals surface area contributed by atoms with Gasteiger partial charge < -0.3 is 9.32 Å². The summed E-state index contributed by atoms with van der Waals surface area (Å²) in [5.74, 6) is -1.28. The number of furan rings is 1. The van der Waals surface area contributed by atoms with Gasteiger partial charge in [0.1, 0.15) is 5.82 Å². The van der Waals surface area contributed by atoms with Crippen molar-refractivity contribution in [2.45, 2.75) is 23.1 Å². The van der Waals surface area contributed by atoms with E-state index in [2.05, 4.69) is 0 Å². The van der Waals surface area contributed by atoms with E-state index in [-0.39, 0.29) is 27.9 Å². The molecule has 4 rings (SSSR count). The molecule has 0 aliphatic carbocycles. The maximum Gasteiger partial charge on any atom is 0.289 e. The van der Waals surface area contributed by atoms with E-state index in [1.807, 2.05) is 4.90 Å². The van der Waals surface area contributed by atoms with Crippen molar-refractivity contribution in [2.75, 3.05) is 37.7 Å². The Kier molecular flexibility index (Phi) is 5.69. The van der Waals surface area contributed by atoms with Gasteiger partial charge in [0.25, 0.3) is 5.91 Å². The standard InChI is InChI=1S/C20H23FN2O6S2/c1-14-11-15(4-5-16(14)21)31(27,28)19-13-30(25,26)12-17(19)22-6-8-23(9-7-22)20(24)18-3-2-10-29-18/h2-5,10-11,17,19H,6-9,12-13H2,1H3/t17-,19-/m0/s1. The monoisotopic (exact) mass is 470 g/mol. The van der Waals surface area contributed by atoms with Crippen molar-refractivity contribution in [3.8, 4) is 0 Å². The number of rotatable bonds is 4. The molecule has 1 aromatic heterocycles. The number of carbonyl (C=O) groups excluding carboxylic acids is 1. The van der Waals surface area contributed by atoms with Crippen molar-refractivity contribution >= 4 is 25.6 Å². The van der Waals surface area contributed by atoms with Crippen LogP contribution in [0.1, 0.15) is 16.1 Å². The van der Waals surface area contributed by atoms with Crippen LogP contribution in [0.15, 0.2) is 45.9 Å². The van der Waals surface area contributed by atoms with Crippen LogP contribution in [0.2, 0.25) is 0 Å². The average molecular weight is 471 g/mol. The van der Waals surface area contributed by atoms with Gasteiger partial charge in [0.15, 0.2) is 25.4 Å². The minimum Gasteiger partial charge on any atom is -0.459 e. The van der Waals surface area contributed by atoms with Gasteiger partial charge in [-0.15, -0.1) is 0 Å². The molecule has 2 aliphatic rings. The van der Waals surface area contributed by atoms with Crippen molar-refractivity contribution in [3.63, 3.8) is 0 Å². The number of amides is 1. The fraction of sp³-hybridized carbons (Fsp3) is 0.450. The van der Waals surface area contributed by atoms with Crippen LogP contribution in [-0.4, -0.2) is 81.5 Å². The second kappa shape index (κ2) is 8.03. The van der Waals surface area contributed by atoms with Gasteiger partial charge in [-0.3, -0.25) is 9.69 Å². The summed E-state index contributed by atoms with van der Waals surface area (Å²) in [5, 5.41) is -1.14. The zero-order valence-corrected chi connectivity index (χ0v) is 18.5. The van der Waals surface area contributed by atoms with Gasteiger partial charge in [0.05, 0.1) is 27.9 Å². The van der Waals surface area contributed by atoms with Crippen LogP contribution in [0.25, 0.3) is 0 Å². The number of hydrogen-bond donors (Lipinski definition) is 0. The lowest BCUT2D eigenvalue weighted by Gasteiger charge is -2.39. The molecule has 31 heavy (non-hydrogen) atoms. The third-order valence-corrected chi connectivity index (χ3v) is 10.0. The first-order valence-electron chi connectivity index (χ1n) is 9.86. The van der Waals surface area contributed by atoms with E-state index in [0.29, 0.717) is 26.2 Å². The van der Waals surface area contributed by atoms with Gasteiger partial charge in [0, 0.05) is 32.2 Å². The SMILES string of the molecule is Cc1cc(S(=O)(=O)[C@H]2CS(=O)(=O)C[C@@H]2N2CCN(C(=O)c3ccco3)CC2)ccc1F. The molecule has 1 amide bonds. The highest BCUT2D eigenvalue weighted by Crippen LogP contribution is 2.30. The molecule has 0 radical (unpaired) electrons. The molecule has 0 spiro atoms. The molecule has 168 valence electrons. The van der Waals surface area contributed by atoms with Crippen LogP contribution in [0.5, 0.6) is 0 Å². The number of hydrogen-bond acceptors (Lipinski definition) is 7. The average Bonchev–Trinajstić information content (AvgIpc) is 3.37. The lowest BCUT2D eigenvalue weighted by molar-refractivity contribution is 0.0560. The third-order valence-electron chi connectivity index (χ3n) is 5.93. The van der Waals surface area contributed by atoms with Gasteiger partial charge >= 0.3 is 0 Å². The quantitative estimate of drug-likeness (QED) is 0.617. The summed E-state index contributed by atoms with van der Waals surface area (Å²) in [6.45, 7) is 2.83. The lowest BCUT2D eigenvalue weighted by atomic mass is 10.2. The van der Waals surface area contributed by atoms with E-state index < -0.39 is 42.5 Å². The normalized spacial score (nSPS) is 24.4. The number of piperazine rings is 1. The molecule has 2 atom stereocenters. The largest absolute Gasteiger partial charge is 0.459 e. The van der Waals surface area contributed by atoms with E-state index in [1.165, 1.54) is 25.3 Å². The maximum atomic E-state index is 13.6. The van der Waals surface area contributed by atoms with Crippen LogP contribution >= 0.6 is 0 Å². The fourth-order valence-corrected chi connectivity index (χ4v) is 9.13. The molecule has 8 nitrogen and oxygen atoms in total. The lowest BCUT2D eigenvalue weighted by Crippen LogP contribution is -2.55. The van der Waals surface area contributed by atoms with E-state index >= 15 is 0 Å². The topological polar surface area (TPSA) is 105 Å². The predicted molar refractivity (Wildman–Crippen MR) is 111 cm³/mol. The first-order valence-corrected chi connectivity index (χ1v) is 13.2. The van der Waals surface area contributed by atoms with Gasteiger partial charge in [-0.05, 0) is 42.8 Å². The number of sulfone groups is 2. The van der Waals surface area contributed by atoms with Crippen LogP contribution in [0.3, 0.4) is 0 Å². The molecule has 2 aromatic rings. The highest BCUT2D eigenvalue weighted by Gasteiger charge is 2.48. The Labute approximate surface area is 180 Å². The number of benzene rings is 1. The Morgan fingerprint density at radius 3 is 2.45 bits per heavy atom. The predicted octanol–water partition coefficient (Wildman–Crippen LogP) is 1.12. The van der Waals surface area contributed by atoms with E-state index in [1.54, 1.807) is 17.0 Å². The summed E-state index contributed by atoms with van der Waals surface area (Å²) < 4.78 is 70.1. The number of aryl methyl sites for hydroxylation is 1. The maximum absolute atomic E-state index is 13.6. The Morgan fingerprint density at radius 1 is 1.13 bits per heavy atom. The van der Waals surface area contributed by atoms with Gasteiger partial charge in [-0.2, -0.15) is 0 Å². The summed E-state index contributed by atoms with van der Waals surface area (Å²) in [7, 11) is -7.56. The van der Waals surface area contributed by atoms with Crippen molar-refractivity contribution in [2.24, 2.45) is 0 Å². The molecule has 2 aliphatic heterocycles. The highest BCUT2D eigenvalue weighted by molar-refractivity contribution is 7.96. The Bertz CT molecular complexity index is 1190. The van der Waals surface area contributed by atoms with Crippen LogP contribution in [0.4, 0.5) is 4.39 Å². The van der Waals surface area contributed by atoms with E-state index in [4.69, 9.17) is 4.42 Å². The number of carbonyl (C=O) groups is 1. The molecular formula is C20H23FN2O6S2. The highest BCUT2D eigenvalue weighted by atomic mass is 32.2. The minimum atomic E-state index is -4.00. The number of nitrogens with zero attached hydrogens (tertiary/aromatic N) is 2. The van der Waals surface area contributed by atoms with Crippen LogP contribution in [-0.2, 0) is 19.7 Å². The fourth-order valence-electron chi connectivity index (χ4n) is 4.22. The Morgan fingerprint density at radius 2 is 1.84 bits per heavy atom. The van der Waals surface area contributed by atoms with Crippen molar-refractivity contribution in [1.29, 1.82) is 0 Å². The first-order chi connectivity index (χ1) is 14.6. The Balaban J connectivity index is 1.54. The molecule has 3 heterocycles. The summed E-state index contributed by atoms with van der Waals surface area (Å²) in [6, 6.07) is 5.98. The third kappa shape index (κ3) is 4.26. The molecule has 1 aromatic carbocycles. The summed E-state index contributed by atoms with van der Waals surface area (Å²) in [4.78, 5) is 15.8. The van der Waals surface area contributed by atoms with Crippen LogP contribution < -0.4 is 0 Å². The molecule has 2 fully saturated rings. The Hall–Kier alpha value is -2.24. The van der Waals surface area contributed by atoms with E-state index in [9.17, 15) is 26.0 Å². The summed E-state index contributed by atoms with van der Waals surface area (Å²) >= 11 is 0. The first kappa shape index (κ1) is 22.0. The van der Waals surface area contributed by atoms with Crippen molar-refractivity contribution < 1.29 is 30.4 Å². The molecule has 0 saturated carbocycles. The zero-order chi connectivity index (χ0) is 22.4. The van der Waals surface area contributed by atoms with Crippen molar-refractivity contribution in [3.05, 3.63) is 53.7 Å². The second-order valence-electron chi connectivity index (χ2n) is 7.94. The smallest absolute Gasteiger partial charge is 0.289 e. The molecule has 0 N–H and O–H groups in total. The van der Waals surface area contributed by atoms with Gasteiger partial charge in [-0.25, -0.2) is 21.2 Å². The van der Waals surface area contributed by atoms with E-state index in [0.717, 1.165) is 6.07 Å².